The van der Waals surface area contributed by atoms with E-state index < -0.39 is 5.66 Å². The summed E-state index contributed by atoms with van der Waals surface area (Å²) in [5, 5.41) is 2.60. The highest BCUT2D eigenvalue weighted by molar-refractivity contribution is 6.14. The first-order valence-electron chi connectivity index (χ1n) is 21.9. The normalized spacial score (nSPS) is 19.4. The first kappa shape index (κ1) is 33.6. The van der Waals surface area contributed by atoms with E-state index in [-0.39, 0.29) is 21.7 Å². The van der Waals surface area contributed by atoms with Crippen LogP contribution in [0.1, 0.15) is 114 Å². The van der Waals surface area contributed by atoms with Crippen molar-refractivity contribution in [1.29, 1.82) is 0 Å². The number of benzene rings is 5. The average molecular weight is 780 g/mol. The molecule has 6 aliphatic rings. The molecule has 9 heterocycles. The number of nitrogens with zero attached hydrogens (tertiary/aromatic N) is 5. The maximum atomic E-state index is 2.80. The van der Waals surface area contributed by atoms with E-state index in [9.17, 15) is 0 Å². The summed E-state index contributed by atoms with van der Waals surface area (Å²) in [6.07, 6.45) is 0. The van der Waals surface area contributed by atoms with Crippen molar-refractivity contribution in [1.82, 2.24) is 4.57 Å². The number of fused-ring (bicyclic) bond motifs is 11. The highest BCUT2D eigenvalue weighted by atomic mass is 15.5. The summed E-state index contributed by atoms with van der Waals surface area (Å²) in [7, 11) is 0. The van der Waals surface area contributed by atoms with Crippen molar-refractivity contribution >= 4 is 56.1 Å². The van der Waals surface area contributed by atoms with E-state index in [1.165, 1.54) is 118 Å². The topological polar surface area (TPSA) is 19.2 Å². The summed E-state index contributed by atoms with van der Waals surface area (Å²) in [6, 6.07) is 45.3. The first-order valence-corrected chi connectivity index (χ1v) is 21.9. The van der Waals surface area contributed by atoms with Crippen molar-refractivity contribution in [2.75, 3.05) is 9.80 Å². The number of para-hydroxylation sites is 3. The molecule has 60 heavy (non-hydrogen) atoms. The van der Waals surface area contributed by atoms with E-state index in [0.717, 1.165) is 0 Å². The van der Waals surface area contributed by atoms with Gasteiger partial charge in [0.2, 0.25) is 0 Å². The molecular formula is C55H49N5+2. The van der Waals surface area contributed by atoms with E-state index in [2.05, 4.69) is 208 Å². The molecule has 8 aromatic rings. The largest absolute Gasteiger partial charge is 0.319 e. The van der Waals surface area contributed by atoms with Gasteiger partial charge in [0.1, 0.15) is 22.3 Å². The smallest absolute Gasteiger partial charge is 0.308 e. The molecule has 5 nitrogen and oxygen atoms in total. The lowest BCUT2D eigenvalue weighted by Crippen LogP contribution is -2.77. The number of hydrogen-bond acceptors (Lipinski definition) is 2. The fourth-order valence-electron chi connectivity index (χ4n) is 12.7. The van der Waals surface area contributed by atoms with Gasteiger partial charge in [-0.1, -0.05) is 118 Å². The molecule has 1 atom stereocenters. The molecule has 6 aliphatic heterocycles. The molecular weight excluding hydrogens is 731 g/mol. The van der Waals surface area contributed by atoms with Crippen LogP contribution >= 0.6 is 0 Å². The molecule has 3 aromatic heterocycles. The molecule has 0 bridgehead atoms. The van der Waals surface area contributed by atoms with Gasteiger partial charge in [0.15, 0.2) is 22.6 Å². The third-order valence-corrected chi connectivity index (χ3v) is 15.6. The molecule has 0 radical (unpaired) electrons. The molecule has 5 aromatic carbocycles. The molecule has 0 aliphatic carbocycles. The second-order valence-electron chi connectivity index (χ2n) is 21.5. The standard InChI is InChI=1S/C55H49N5/c1-51(2,3)30-25-42-43-26-31(52(4,5)6)28-45-58-40-22-16-13-19-35(40)54(9,10)37-29-36-49-47(50(37)58)55(60(43)45)46-41(56(49)39-21-15-12-18-34(39)53(36,7)8)24-23-33-32-17-11-14-20-38(32)57(48(33)46)44(27-30)59(42)55/h11-29H,1-10H3/q+2. The lowest BCUT2D eigenvalue weighted by atomic mass is 9.63. The van der Waals surface area contributed by atoms with E-state index in [1.807, 2.05) is 0 Å². The molecule has 0 amide bonds. The van der Waals surface area contributed by atoms with Crippen LogP contribution in [0.25, 0.3) is 39.0 Å². The second kappa shape index (κ2) is 9.71. The van der Waals surface area contributed by atoms with E-state index in [1.54, 1.807) is 0 Å². The van der Waals surface area contributed by atoms with Gasteiger partial charge in [0.25, 0.3) is 11.6 Å². The zero-order valence-corrected chi connectivity index (χ0v) is 36.2. The Balaban J connectivity index is 1.33. The zero-order valence-electron chi connectivity index (χ0n) is 36.2. The van der Waals surface area contributed by atoms with Crippen LogP contribution in [0.3, 0.4) is 0 Å². The molecule has 0 saturated heterocycles. The second-order valence-corrected chi connectivity index (χ2v) is 21.5. The highest BCUT2D eigenvalue weighted by Gasteiger charge is 2.72. The number of rotatable bonds is 0. The van der Waals surface area contributed by atoms with Crippen molar-refractivity contribution in [2.24, 2.45) is 0 Å². The minimum Gasteiger partial charge on any atom is -0.308 e. The number of hydrogen-bond donors (Lipinski definition) is 0. The summed E-state index contributed by atoms with van der Waals surface area (Å²) in [5.74, 6) is 2.47. The maximum absolute atomic E-state index is 2.80. The SMILES string of the molecule is CC(C)(C)c1cc2[n+]3c(c1)N1c4ccccc4C(C)(C)c4cc5c6c(c41)C31c3c(ccc4c7ccccc7n(c34)-c3cc(C(C)(C)C)cc-2[n+]31)N6c1ccccc1C5(C)C. The van der Waals surface area contributed by atoms with Crippen LogP contribution in [0.15, 0.2) is 115 Å². The molecule has 0 saturated carbocycles. The minimum atomic E-state index is -0.714. The quantitative estimate of drug-likeness (QED) is 0.143. The number of aromatic nitrogens is 3. The van der Waals surface area contributed by atoms with Crippen LogP contribution in [0.4, 0.5) is 34.3 Å². The zero-order chi connectivity index (χ0) is 40.9. The maximum Gasteiger partial charge on any atom is 0.319 e. The van der Waals surface area contributed by atoms with Crippen LogP contribution in [0, 0.1) is 0 Å². The van der Waals surface area contributed by atoms with Crippen LogP contribution in [0.5, 0.6) is 0 Å². The van der Waals surface area contributed by atoms with Crippen LogP contribution in [0.2, 0.25) is 0 Å². The Morgan fingerprint density at radius 1 is 0.467 bits per heavy atom. The predicted molar refractivity (Wildman–Crippen MR) is 243 cm³/mol. The van der Waals surface area contributed by atoms with Gasteiger partial charge in [-0.15, -0.1) is 0 Å². The van der Waals surface area contributed by atoms with Crippen LogP contribution in [-0.2, 0) is 27.3 Å². The van der Waals surface area contributed by atoms with Gasteiger partial charge in [-0.05, 0) is 87.7 Å². The van der Waals surface area contributed by atoms with Crippen LogP contribution < -0.4 is 18.9 Å². The molecule has 14 rings (SSSR count). The monoisotopic (exact) mass is 779 g/mol. The van der Waals surface area contributed by atoms with Crippen molar-refractivity contribution < 1.29 is 9.13 Å². The first-order chi connectivity index (χ1) is 28.6. The average Bonchev–Trinajstić information content (AvgIpc) is 3.71. The van der Waals surface area contributed by atoms with Crippen molar-refractivity contribution in [3.8, 4) is 17.2 Å². The lowest BCUT2D eigenvalue weighted by Gasteiger charge is -2.53. The summed E-state index contributed by atoms with van der Waals surface area (Å²) in [6.45, 7) is 24.1. The van der Waals surface area contributed by atoms with E-state index in [0.29, 0.717) is 0 Å². The van der Waals surface area contributed by atoms with Gasteiger partial charge in [-0.3, -0.25) is 0 Å². The summed E-state index contributed by atoms with van der Waals surface area (Å²) >= 11 is 0. The fourth-order valence-corrected chi connectivity index (χ4v) is 12.7. The van der Waals surface area contributed by atoms with Gasteiger partial charge < -0.3 is 4.90 Å². The Bertz CT molecular complexity index is 3420. The van der Waals surface area contributed by atoms with Crippen molar-refractivity contribution in [3.05, 3.63) is 160 Å². The van der Waals surface area contributed by atoms with Gasteiger partial charge in [-0.2, -0.15) is 18.6 Å². The third-order valence-electron chi connectivity index (χ3n) is 15.6. The molecule has 0 N–H and O–H groups in total. The Hall–Kier alpha value is -6.20. The van der Waals surface area contributed by atoms with Crippen molar-refractivity contribution in [2.45, 2.75) is 96.6 Å². The molecule has 292 valence electrons. The molecule has 1 spiro atoms. The Morgan fingerprint density at radius 2 is 1.00 bits per heavy atom. The predicted octanol–water partition coefficient (Wildman–Crippen LogP) is 12.4. The molecule has 1 unspecified atom stereocenters. The Labute approximate surface area is 351 Å². The summed E-state index contributed by atoms with van der Waals surface area (Å²) < 4.78 is 8.24. The third kappa shape index (κ3) is 3.35. The van der Waals surface area contributed by atoms with Gasteiger partial charge in [0, 0.05) is 44.9 Å². The van der Waals surface area contributed by atoms with Gasteiger partial charge >= 0.3 is 5.66 Å². The summed E-state index contributed by atoms with van der Waals surface area (Å²) in [4.78, 5) is 5.37. The summed E-state index contributed by atoms with van der Waals surface area (Å²) in [5.41, 5.74) is 21.2. The highest BCUT2D eigenvalue weighted by Crippen LogP contribution is 2.69. The van der Waals surface area contributed by atoms with E-state index >= 15 is 0 Å². The molecule has 0 fully saturated rings. The minimum absolute atomic E-state index is 0.0826. The number of anilines is 6. The Morgan fingerprint density at radius 3 is 1.63 bits per heavy atom. The fraction of sp³-hybridized carbons (Fsp3) is 0.273. The van der Waals surface area contributed by atoms with E-state index in [4.69, 9.17) is 0 Å². The van der Waals surface area contributed by atoms with Gasteiger partial charge in [-0.25, -0.2) is 0 Å². The van der Waals surface area contributed by atoms with Crippen molar-refractivity contribution in [3.63, 3.8) is 0 Å². The van der Waals surface area contributed by atoms with Gasteiger partial charge in [0.05, 0.1) is 17.1 Å². The molecule has 5 heteroatoms. The lowest BCUT2D eigenvalue weighted by molar-refractivity contribution is -0.931. The number of pyridine rings is 2. The Kier molecular flexibility index (Phi) is 5.44. The van der Waals surface area contributed by atoms with Crippen LogP contribution in [-0.4, -0.2) is 4.57 Å².